The molecule has 0 aliphatic carbocycles. The van der Waals surface area contributed by atoms with Crippen molar-refractivity contribution >= 4 is 5.78 Å². The van der Waals surface area contributed by atoms with Crippen LogP contribution in [-0.4, -0.2) is 5.78 Å². The number of hydrogen-bond donors (Lipinski definition) is 0. The third-order valence-corrected chi connectivity index (χ3v) is 2.37. The molecule has 0 aliphatic heterocycles. The molecule has 0 amide bonds. The van der Waals surface area contributed by atoms with Crippen molar-refractivity contribution in [1.82, 2.24) is 0 Å². The molecule has 0 heterocycles. The average molecular weight is 202 g/mol. The Morgan fingerprint density at radius 1 is 1.13 bits per heavy atom. The van der Waals surface area contributed by atoms with Crippen LogP contribution in [0.2, 0.25) is 0 Å². The zero-order valence-corrected chi connectivity index (χ0v) is 9.33. The van der Waals surface area contributed by atoms with Gasteiger partial charge in [-0.25, -0.2) is 0 Å². The van der Waals surface area contributed by atoms with Gasteiger partial charge in [0.2, 0.25) is 0 Å². The van der Waals surface area contributed by atoms with Gasteiger partial charge in [-0.15, -0.1) is 6.58 Å². The van der Waals surface area contributed by atoms with Gasteiger partial charge in [-0.3, -0.25) is 4.79 Å². The lowest BCUT2D eigenvalue weighted by Crippen LogP contribution is -2.00. The summed E-state index contributed by atoms with van der Waals surface area (Å²) in [5.74, 6) is 0.335. The molecule has 0 saturated heterocycles. The second-order valence-corrected chi connectivity index (χ2v) is 3.98. The number of carbonyl (C=O) groups excluding carboxylic acids is 1. The summed E-state index contributed by atoms with van der Waals surface area (Å²) in [7, 11) is 0. The van der Waals surface area contributed by atoms with E-state index in [4.69, 9.17) is 0 Å². The molecule has 1 rings (SSSR count). The van der Waals surface area contributed by atoms with Gasteiger partial charge in [-0.1, -0.05) is 35.9 Å². The largest absolute Gasteiger partial charge is 0.300 e. The van der Waals surface area contributed by atoms with Crippen molar-refractivity contribution in [2.75, 3.05) is 0 Å². The zero-order valence-electron chi connectivity index (χ0n) is 9.33. The van der Waals surface area contributed by atoms with E-state index in [-0.39, 0.29) is 0 Å². The first-order valence-corrected chi connectivity index (χ1v) is 5.38. The molecule has 0 bridgehead atoms. The van der Waals surface area contributed by atoms with Crippen molar-refractivity contribution in [2.45, 2.75) is 32.6 Å². The van der Waals surface area contributed by atoms with Gasteiger partial charge in [0.25, 0.3) is 0 Å². The normalized spacial score (nSPS) is 9.93. The Labute approximate surface area is 91.8 Å². The summed E-state index contributed by atoms with van der Waals surface area (Å²) in [5.41, 5.74) is 2.32. The minimum atomic E-state index is 0.335. The lowest BCUT2D eigenvalue weighted by atomic mass is 10.0. The van der Waals surface area contributed by atoms with Crippen molar-refractivity contribution in [3.05, 3.63) is 48.0 Å². The third kappa shape index (κ3) is 5.16. The molecule has 15 heavy (non-hydrogen) atoms. The molecule has 80 valence electrons. The first kappa shape index (κ1) is 11.7. The highest BCUT2D eigenvalue weighted by Crippen LogP contribution is 2.07. The summed E-state index contributed by atoms with van der Waals surface area (Å²) in [5, 5.41) is 0. The first-order chi connectivity index (χ1) is 7.18. The molecule has 1 aromatic carbocycles. The number of aryl methyl sites for hydroxylation is 1. The minimum Gasteiger partial charge on any atom is -0.300 e. The number of ketones is 1. The van der Waals surface area contributed by atoms with Gasteiger partial charge in [-0.2, -0.15) is 0 Å². The van der Waals surface area contributed by atoms with Crippen LogP contribution in [0.25, 0.3) is 0 Å². The second-order valence-electron chi connectivity index (χ2n) is 3.98. The Kier molecular flexibility index (Phi) is 4.82. The highest BCUT2D eigenvalue weighted by molar-refractivity contribution is 5.78. The van der Waals surface area contributed by atoms with Crippen LogP contribution in [0.5, 0.6) is 0 Å². The van der Waals surface area contributed by atoms with E-state index in [0.29, 0.717) is 18.6 Å². The van der Waals surface area contributed by atoms with Crippen LogP contribution in [0.3, 0.4) is 0 Å². The summed E-state index contributed by atoms with van der Waals surface area (Å²) in [6.45, 7) is 5.76. The smallest absolute Gasteiger partial charge is 0.133 e. The van der Waals surface area contributed by atoms with E-state index < -0.39 is 0 Å². The number of hydrogen-bond acceptors (Lipinski definition) is 1. The van der Waals surface area contributed by atoms with Crippen molar-refractivity contribution in [3.63, 3.8) is 0 Å². The number of rotatable bonds is 6. The maximum atomic E-state index is 11.5. The molecular weight excluding hydrogens is 184 g/mol. The summed E-state index contributed by atoms with van der Waals surface area (Å²) in [6, 6.07) is 10.1. The molecule has 1 aromatic rings. The minimum absolute atomic E-state index is 0.335. The fourth-order valence-corrected chi connectivity index (χ4v) is 1.41. The third-order valence-electron chi connectivity index (χ3n) is 2.37. The molecule has 1 nitrogen and oxygen atoms in total. The van der Waals surface area contributed by atoms with E-state index in [9.17, 15) is 4.79 Å². The standard InChI is InChI=1S/C14H18O/c1-12(2)8-10-14(15)11-9-13-6-4-3-5-7-13/h3-7H,1,8-11H2,2H3. The van der Waals surface area contributed by atoms with Gasteiger partial charge in [0, 0.05) is 12.8 Å². The van der Waals surface area contributed by atoms with Crippen LogP contribution in [0.4, 0.5) is 0 Å². The van der Waals surface area contributed by atoms with Crippen LogP contribution in [-0.2, 0) is 11.2 Å². The van der Waals surface area contributed by atoms with Gasteiger partial charge >= 0.3 is 0 Å². The molecule has 0 saturated carbocycles. The van der Waals surface area contributed by atoms with E-state index in [1.165, 1.54) is 5.56 Å². The van der Waals surface area contributed by atoms with Crippen LogP contribution in [0, 0.1) is 0 Å². The molecule has 0 aromatic heterocycles. The first-order valence-electron chi connectivity index (χ1n) is 5.38. The van der Waals surface area contributed by atoms with Gasteiger partial charge in [-0.05, 0) is 25.3 Å². The predicted octanol–water partition coefficient (Wildman–Crippen LogP) is 3.54. The molecule has 0 spiro atoms. The maximum Gasteiger partial charge on any atom is 0.133 e. The molecule has 0 aliphatic rings. The second kappa shape index (κ2) is 6.18. The number of allylic oxidation sites excluding steroid dienone is 1. The Morgan fingerprint density at radius 2 is 1.80 bits per heavy atom. The van der Waals surface area contributed by atoms with Crippen LogP contribution in [0.1, 0.15) is 31.7 Å². The van der Waals surface area contributed by atoms with Gasteiger partial charge in [0.05, 0.1) is 0 Å². The van der Waals surface area contributed by atoms with E-state index in [1.54, 1.807) is 0 Å². The Bertz CT molecular complexity index is 324. The Morgan fingerprint density at radius 3 is 2.40 bits per heavy atom. The molecule has 0 atom stereocenters. The molecule has 1 heteroatoms. The summed E-state index contributed by atoms with van der Waals surface area (Å²) in [4.78, 5) is 11.5. The monoisotopic (exact) mass is 202 g/mol. The predicted molar refractivity (Wildman–Crippen MR) is 63.8 cm³/mol. The topological polar surface area (TPSA) is 17.1 Å². The van der Waals surface area contributed by atoms with Crippen molar-refractivity contribution in [2.24, 2.45) is 0 Å². The molecule has 0 radical (unpaired) electrons. The van der Waals surface area contributed by atoms with Crippen molar-refractivity contribution < 1.29 is 4.79 Å². The lowest BCUT2D eigenvalue weighted by Gasteiger charge is -2.01. The highest BCUT2D eigenvalue weighted by Gasteiger charge is 2.02. The Balaban J connectivity index is 2.26. The van der Waals surface area contributed by atoms with Crippen LogP contribution >= 0.6 is 0 Å². The van der Waals surface area contributed by atoms with Crippen LogP contribution < -0.4 is 0 Å². The summed E-state index contributed by atoms with van der Waals surface area (Å²) >= 11 is 0. The lowest BCUT2D eigenvalue weighted by molar-refractivity contribution is -0.119. The highest BCUT2D eigenvalue weighted by atomic mass is 16.1. The summed E-state index contributed by atoms with van der Waals surface area (Å²) < 4.78 is 0. The van der Waals surface area contributed by atoms with Crippen molar-refractivity contribution in [1.29, 1.82) is 0 Å². The number of Topliss-reactive ketones (excluding diaryl/α,β-unsaturated/α-hetero) is 1. The zero-order chi connectivity index (χ0) is 11.1. The van der Waals surface area contributed by atoms with Gasteiger partial charge < -0.3 is 0 Å². The van der Waals surface area contributed by atoms with E-state index in [2.05, 4.69) is 18.7 Å². The SMILES string of the molecule is C=C(C)CCC(=O)CCc1ccccc1. The molecule has 0 N–H and O–H groups in total. The summed E-state index contributed by atoms with van der Waals surface area (Å²) in [6.07, 6.45) is 2.98. The molecule has 0 unspecified atom stereocenters. The molecular formula is C14H18O. The van der Waals surface area contributed by atoms with Crippen LogP contribution in [0.15, 0.2) is 42.5 Å². The maximum absolute atomic E-state index is 11.5. The van der Waals surface area contributed by atoms with Crippen molar-refractivity contribution in [3.8, 4) is 0 Å². The van der Waals surface area contributed by atoms with E-state index >= 15 is 0 Å². The fraction of sp³-hybridized carbons (Fsp3) is 0.357. The fourth-order valence-electron chi connectivity index (χ4n) is 1.41. The quantitative estimate of drug-likeness (QED) is 0.645. The van der Waals surface area contributed by atoms with E-state index in [1.807, 2.05) is 25.1 Å². The van der Waals surface area contributed by atoms with E-state index in [0.717, 1.165) is 18.4 Å². The Hall–Kier alpha value is -1.37. The van der Waals surface area contributed by atoms with Gasteiger partial charge in [0.15, 0.2) is 0 Å². The molecule has 0 fully saturated rings. The number of benzene rings is 1. The number of carbonyl (C=O) groups is 1. The van der Waals surface area contributed by atoms with Gasteiger partial charge in [0.1, 0.15) is 5.78 Å². The average Bonchev–Trinajstić information content (AvgIpc) is 2.25.